The van der Waals surface area contributed by atoms with Crippen molar-refractivity contribution in [3.8, 4) is 0 Å². The molecule has 156 valence electrons. The van der Waals surface area contributed by atoms with Gasteiger partial charge in [0.05, 0.1) is 11.1 Å². The number of piperidine rings is 1. The van der Waals surface area contributed by atoms with Gasteiger partial charge in [0.2, 0.25) is 0 Å². The van der Waals surface area contributed by atoms with Crippen LogP contribution in [0.2, 0.25) is 0 Å². The van der Waals surface area contributed by atoms with Crippen LogP contribution in [-0.2, 0) is 33.5 Å². The molecule has 1 spiro atoms. The van der Waals surface area contributed by atoms with Crippen LogP contribution in [0.25, 0.3) is 0 Å². The molecule has 0 aromatic heterocycles. The number of benzene rings is 1. The van der Waals surface area contributed by atoms with Crippen LogP contribution in [-0.4, -0.2) is 41.0 Å². The van der Waals surface area contributed by atoms with E-state index in [-0.39, 0.29) is 18.0 Å². The third-order valence-corrected chi connectivity index (χ3v) is 5.97. The largest absolute Gasteiger partial charge is 0.451 e. The Bertz CT molecular complexity index is 907. The van der Waals surface area contributed by atoms with Crippen molar-refractivity contribution in [1.82, 2.24) is 10.2 Å². The maximum atomic E-state index is 13.3. The summed E-state index contributed by atoms with van der Waals surface area (Å²) in [6.07, 6.45) is -1.75. The molecule has 8 heteroatoms. The summed E-state index contributed by atoms with van der Waals surface area (Å²) in [6, 6.07) is 3.68. The van der Waals surface area contributed by atoms with Crippen LogP contribution < -0.4 is 5.32 Å². The normalized spacial score (nSPS) is 26.2. The standard InChI is InChI=1S/C21H23F3N2O3/c1-19(2)12-20(6-7-25-19)16(10-17(27)29-20)18(28)26-8-5-13-3-4-15(21(22,23)24)9-14(13)11-26/h3-4,9-10,25H,5-8,11-12H2,1-2H3. The van der Waals surface area contributed by atoms with Crippen molar-refractivity contribution >= 4 is 11.9 Å². The summed E-state index contributed by atoms with van der Waals surface area (Å²) in [5, 5.41) is 3.35. The number of alkyl halides is 3. The lowest BCUT2D eigenvalue weighted by molar-refractivity contribution is -0.151. The first-order valence-electron chi connectivity index (χ1n) is 9.68. The third-order valence-electron chi connectivity index (χ3n) is 5.97. The van der Waals surface area contributed by atoms with E-state index in [1.807, 2.05) is 13.8 Å². The molecule has 1 unspecified atom stereocenters. The van der Waals surface area contributed by atoms with E-state index in [9.17, 15) is 22.8 Å². The van der Waals surface area contributed by atoms with Crippen LogP contribution in [0.5, 0.6) is 0 Å². The number of nitrogens with one attached hydrogen (secondary N) is 1. The van der Waals surface area contributed by atoms with Crippen molar-refractivity contribution in [2.24, 2.45) is 0 Å². The van der Waals surface area contributed by atoms with Gasteiger partial charge in [-0.25, -0.2) is 4.79 Å². The average molecular weight is 408 g/mol. The van der Waals surface area contributed by atoms with E-state index in [2.05, 4.69) is 5.32 Å². The highest BCUT2D eigenvalue weighted by Crippen LogP contribution is 2.42. The highest BCUT2D eigenvalue weighted by molar-refractivity contribution is 6.04. The number of hydrogen-bond acceptors (Lipinski definition) is 4. The van der Waals surface area contributed by atoms with Crippen LogP contribution in [0.3, 0.4) is 0 Å². The predicted octanol–water partition coefficient (Wildman–Crippen LogP) is 2.97. The first kappa shape index (κ1) is 19.9. The number of hydrogen-bond donors (Lipinski definition) is 1. The average Bonchev–Trinajstić information content (AvgIpc) is 2.93. The van der Waals surface area contributed by atoms with E-state index >= 15 is 0 Å². The van der Waals surface area contributed by atoms with Crippen molar-refractivity contribution < 1.29 is 27.5 Å². The summed E-state index contributed by atoms with van der Waals surface area (Å²) >= 11 is 0. The third kappa shape index (κ3) is 3.66. The lowest BCUT2D eigenvalue weighted by atomic mass is 9.76. The lowest BCUT2D eigenvalue weighted by Crippen LogP contribution is -2.56. The molecule has 4 rings (SSSR count). The number of fused-ring (bicyclic) bond motifs is 1. The number of rotatable bonds is 1. The maximum Gasteiger partial charge on any atom is 0.416 e. The zero-order chi connectivity index (χ0) is 21.0. The number of nitrogens with zero attached hydrogens (tertiary/aromatic N) is 1. The van der Waals surface area contributed by atoms with Gasteiger partial charge in [0.25, 0.3) is 5.91 Å². The Balaban J connectivity index is 1.60. The summed E-state index contributed by atoms with van der Waals surface area (Å²) in [6.45, 7) is 5.04. The minimum Gasteiger partial charge on any atom is -0.451 e. The molecule has 1 atom stereocenters. The van der Waals surface area contributed by atoms with E-state index in [0.29, 0.717) is 43.5 Å². The molecule has 0 aliphatic carbocycles. The van der Waals surface area contributed by atoms with Gasteiger partial charge in [-0.2, -0.15) is 13.2 Å². The molecule has 1 saturated heterocycles. The van der Waals surface area contributed by atoms with Crippen molar-refractivity contribution in [2.45, 2.75) is 57.0 Å². The molecule has 3 aliphatic heterocycles. The zero-order valence-electron chi connectivity index (χ0n) is 16.4. The summed E-state index contributed by atoms with van der Waals surface area (Å²) in [5.41, 5.74) is -0.388. The van der Waals surface area contributed by atoms with E-state index in [0.717, 1.165) is 17.7 Å². The fourth-order valence-electron chi connectivity index (χ4n) is 4.64. The Morgan fingerprint density at radius 3 is 2.69 bits per heavy atom. The van der Waals surface area contributed by atoms with E-state index in [1.165, 1.54) is 17.0 Å². The minimum atomic E-state index is -4.43. The molecule has 3 heterocycles. The van der Waals surface area contributed by atoms with Crippen LogP contribution in [0.4, 0.5) is 13.2 Å². The Labute approximate surface area is 166 Å². The molecule has 0 saturated carbocycles. The first-order chi connectivity index (χ1) is 13.5. The fraction of sp³-hybridized carbons (Fsp3) is 0.524. The van der Waals surface area contributed by atoms with Crippen LogP contribution in [0.15, 0.2) is 29.8 Å². The fourth-order valence-corrected chi connectivity index (χ4v) is 4.64. The Kier molecular flexibility index (Phi) is 4.53. The van der Waals surface area contributed by atoms with E-state index in [1.54, 1.807) is 0 Å². The molecule has 1 N–H and O–H groups in total. The number of carbonyl (C=O) groups is 2. The SMILES string of the molecule is CC1(C)CC2(CCN1)OC(=O)C=C2C(=O)N1CCc2ccc(C(F)(F)F)cc2C1. The molecular formula is C21H23F3N2O3. The monoisotopic (exact) mass is 408 g/mol. The highest BCUT2D eigenvalue weighted by atomic mass is 19.4. The van der Waals surface area contributed by atoms with E-state index in [4.69, 9.17) is 4.74 Å². The van der Waals surface area contributed by atoms with Crippen molar-refractivity contribution in [3.63, 3.8) is 0 Å². The van der Waals surface area contributed by atoms with Gasteiger partial charge in [0, 0.05) is 37.5 Å². The first-order valence-corrected chi connectivity index (χ1v) is 9.68. The maximum absolute atomic E-state index is 13.3. The van der Waals surface area contributed by atoms with Gasteiger partial charge in [-0.3, -0.25) is 4.79 Å². The molecule has 1 aromatic carbocycles. The molecule has 0 radical (unpaired) electrons. The predicted molar refractivity (Wildman–Crippen MR) is 98.8 cm³/mol. The number of amides is 1. The highest BCUT2D eigenvalue weighted by Gasteiger charge is 2.52. The lowest BCUT2D eigenvalue weighted by Gasteiger charge is -2.44. The zero-order valence-corrected chi connectivity index (χ0v) is 16.4. The molecule has 29 heavy (non-hydrogen) atoms. The van der Waals surface area contributed by atoms with Gasteiger partial charge in [-0.05, 0) is 50.1 Å². The van der Waals surface area contributed by atoms with Gasteiger partial charge in [0.1, 0.15) is 5.60 Å². The number of halogens is 3. The second-order valence-electron chi connectivity index (χ2n) is 8.67. The topological polar surface area (TPSA) is 58.6 Å². The molecular weight excluding hydrogens is 385 g/mol. The second kappa shape index (κ2) is 6.58. The number of esters is 1. The Morgan fingerprint density at radius 1 is 1.24 bits per heavy atom. The second-order valence-corrected chi connectivity index (χ2v) is 8.67. The van der Waals surface area contributed by atoms with Gasteiger partial charge in [-0.1, -0.05) is 6.07 Å². The summed E-state index contributed by atoms with van der Waals surface area (Å²) in [7, 11) is 0. The van der Waals surface area contributed by atoms with E-state index < -0.39 is 23.3 Å². The minimum absolute atomic E-state index is 0.0847. The molecule has 3 aliphatic rings. The Morgan fingerprint density at radius 2 is 2.00 bits per heavy atom. The quantitative estimate of drug-likeness (QED) is 0.726. The van der Waals surface area contributed by atoms with Gasteiger partial charge in [0.15, 0.2) is 0 Å². The molecule has 1 amide bonds. The van der Waals surface area contributed by atoms with Gasteiger partial charge < -0.3 is 15.0 Å². The van der Waals surface area contributed by atoms with Crippen molar-refractivity contribution in [3.05, 3.63) is 46.5 Å². The number of ether oxygens (including phenoxy) is 1. The molecule has 0 bridgehead atoms. The summed E-state index contributed by atoms with van der Waals surface area (Å²) in [5.74, 6) is -0.876. The smallest absolute Gasteiger partial charge is 0.416 e. The van der Waals surface area contributed by atoms with Crippen LogP contribution >= 0.6 is 0 Å². The van der Waals surface area contributed by atoms with Crippen LogP contribution in [0, 0.1) is 0 Å². The molecule has 5 nitrogen and oxygen atoms in total. The van der Waals surface area contributed by atoms with Crippen molar-refractivity contribution in [2.75, 3.05) is 13.1 Å². The van der Waals surface area contributed by atoms with Crippen molar-refractivity contribution in [1.29, 1.82) is 0 Å². The molecule has 1 fully saturated rings. The summed E-state index contributed by atoms with van der Waals surface area (Å²) in [4.78, 5) is 26.9. The van der Waals surface area contributed by atoms with Gasteiger partial charge in [-0.15, -0.1) is 0 Å². The summed E-state index contributed by atoms with van der Waals surface area (Å²) < 4.78 is 44.8. The number of carbonyl (C=O) groups excluding carboxylic acids is 2. The Hall–Kier alpha value is -2.35. The molecule has 1 aromatic rings. The van der Waals surface area contributed by atoms with Gasteiger partial charge >= 0.3 is 12.1 Å². The van der Waals surface area contributed by atoms with Crippen LogP contribution in [0.1, 0.15) is 43.4 Å².